The number of nitrogens with one attached hydrogen (secondary N) is 1. The molecule has 5 nitrogen and oxygen atoms in total. The number of aromatic carboxylic acids is 1. The minimum absolute atomic E-state index is 0.111. The first-order valence-electron chi connectivity index (χ1n) is 6.10. The highest BCUT2D eigenvalue weighted by molar-refractivity contribution is 9.10. The molecule has 0 saturated carbocycles. The van der Waals surface area contributed by atoms with Gasteiger partial charge in [0.2, 0.25) is 5.91 Å². The Kier molecular flexibility index (Phi) is 4.98. The van der Waals surface area contributed by atoms with E-state index in [0.717, 1.165) is 11.3 Å². The summed E-state index contributed by atoms with van der Waals surface area (Å²) in [6.07, 6.45) is 3.52. The van der Waals surface area contributed by atoms with Crippen LogP contribution in [0, 0.1) is 0 Å². The van der Waals surface area contributed by atoms with Gasteiger partial charge in [-0.3, -0.25) is 4.79 Å². The predicted molar refractivity (Wildman–Crippen MR) is 84.7 cm³/mol. The number of halogens is 1. The van der Waals surface area contributed by atoms with E-state index in [2.05, 4.69) is 21.2 Å². The Bertz CT molecular complexity index is 702. The van der Waals surface area contributed by atoms with E-state index in [1.54, 1.807) is 18.2 Å². The third kappa shape index (κ3) is 4.05. The van der Waals surface area contributed by atoms with Crippen LogP contribution in [0.2, 0.25) is 0 Å². The first-order chi connectivity index (χ1) is 9.99. The lowest BCUT2D eigenvalue weighted by Gasteiger charge is -1.99. The van der Waals surface area contributed by atoms with Crippen molar-refractivity contribution < 1.29 is 19.1 Å². The Morgan fingerprint density at radius 3 is 2.81 bits per heavy atom. The number of rotatable bonds is 5. The predicted octanol–water partition coefficient (Wildman–Crippen LogP) is 4.02. The molecule has 0 saturated heterocycles. The number of hydrogen-bond acceptors (Lipinski definition) is 4. The third-order valence-electron chi connectivity index (χ3n) is 2.59. The normalized spacial score (nSPS) is 11.0. The van der Waals surface area contributed by atoms with Crippen molar-refractivity contribution in [2.45, 2.75) is 13.3 Å². The summed E-state index contributed by atoms with van der Waals surface area (Å²) in [5.74, 6) is -0.939. The van der Waals surface area contributed by atoms with Crippen LogP contribution in [-0.2, 0) is 11.2 Å². The molecule has 2 rings (SSSR count). The Morgan fingerprint density at radius 1 is 1.48 bits per heavy atom. The van der Waals surface area contributed by atoms with Gasteiger partial charge in [-0.15, -0.1) is 11.3 Å². The van der Waals surface area contributed by atoms with Crippen molar-refractivity contribution in [3.8, 4) is 0 Å². The maximum atomic E-state index is 11.8. The molecule has 110 valence electrons. The smallest absolute Gasteiger partial charge is 0.338 e. The van der Waals surface area contributed by atoms with Crippen molar-refractivity contribution in [2.24, 2.45) is 0 Å². The average Bonchev–Trinajstić information content (AvgIpc) is 3.02. The monoisotopic (exact) mass is 369 g/mol. The molecule has 0 atom stereocenters. The van der Waals surface area contributed by atoms with Crippen LogP contribution in [0.4, 0.5) is 5.00 Å². The van der Waals surface area contributed by atoms with Crippen LogP contribution in [0.15, 0.2) is 33.4 Å². The molecule has 0 bridgehead atoms. The number of carbonyl (C=O) groups is 2. The van der Waals surface area contributed by atoms with Gasteiger partial charge in [-0.1, -0.05) is 6.92 Å². The molecule has 0 spiro atoms. The number of furan rings is 1. The van der Waals surface area contributed by atoms with Crippen molar-refractivity contribution in [3.63, 3.8) is 0 Å². The van der Waals surface area contributed by atoms with Crippen LogP contribution in [0.1, 0.15) is 27.9 Å². The molecule has 0 fully saturated rings. The van der Waals surface area contributed by atoms with Crippen molar-refractivity contribution >= 4 is 50.2 Å². The van der Waals surface area contributed by atoms with Gasteiger partial charge >= 0.3 is 5.97 Å². The van der Waals surface area contributed by atoms with Gasteiger partial charge in [0, 0.05) is 11.0 Å². The largest absolute Gasteiger partial charge is 0.478 e. The first kappa shape index (κ1) is 15.5. The molecule has 0 aliphatic carbocycles. The van der Waals surface area contributed by atoms with Crippen molar-refractivity contribution in [2.75, 3.05) is 5.32 Å². The average molecular weight is 370 g/mol. The minimum Gasteiger partial charge on any atom is -0.478 e. The van der Waals surface area contributed by atoms with Crippen molar-refractivity contribution in [1.82, 2.24) is 0 Å². The standard InChI is InChI=1S/C14H12BrNO4S/c1-2-9-7-10(14(18)19)13(21-9)16-12(17)6-4-8-3-5-11(15)20-8/h3-7H,2H2,1H3,(H,16,17)(H,18,19). The molecule has 1 amide bonds. The van der Waals surface area contributed by atoms with Crippen LogP contribution in [0.3, 0.4) is 0 Å². The van der Waals surface area contributed by atoms with E-state index < -0.39 is 11.9 Å². The zero-order chi connectivity index (χ0) is 15.4. The number of carboxylic acid groups (broad SMARTS) is 1. The van der Waals surface area contributed by atoms with Gasteiger partial charge in [0.05, 0.1) is 5.56 Å². The van der Waals surface area contributed by atoms with Crippen LogP contribution in [0.25, 0.3) is 6.08 Å². The molecular formula is C14H12BrNO4S. The second-order valence-corrected chi connectivity index (χ2v) is 6.00. The molecule has 21 heavy (non-hydrogen) atoms. The highest BCUT2D eigenvalue weighted by Gasteiger charge is 2.15. The molecular weight excluding hydrogens is 358 g/mol. The van der Waals surface area contributed by atoms with Crippen molar-refractivity contribution in [3.05, 3.63) is 45.1 Å². The zero-order valence-corrected chi connectivity index (χ0v) is 13.5. The van der Waals surface area contributed by atoms with Gasteiger partial charge < -0.3 is 14.8 Å². The second kappa shape index (κ2) is 6.73. The Balaban J connectivity index is 2.10. The van der Waals surface area contributed by atoms with Crippen LogP contribution in [-0.4, -0.2) is 17.0 Å². The van der Waals surface area contributed by atoms with Crippen LogP contribution >= 0.6 is 27.3 Å². The Morgan fingerprint density at radius 2 is 2.24 bits per heavy atom. The summed E-state index contributed by atoms with van der Waals surface area (Å²) < 4.78 is 5.80. The fourth-order valence-corrected chi connectivity index (χ4v) is 2.91. The second-order valence-electron chi connectivity index (χ2n) is 4.08. The van der Waals surface area contributed by atoms with E-state index in [1.807, 2.05) is 6.92 Å². The summed E-state index contributed by atoms with van der Waals surface area (Å²) in [4.78, 5) is 23.9. The topological polar surface area (TPSA) is 79.5 Å². The summed E-state index contributed by atoms with van der Waals surface area (Å²) in [6.45, 7) is 1.93. The number of amides is 1. The summed E-state index contributed by atoms with van der Waals surface area (Å²) >= 11 is 4.43. The van der Waals surface area contributed by atoms with E-state index in [-0.39, 0.29) is 5.56 Å². The number of anilines is 1. The molecule has 2 heterocycles. The highest BCUT2D eigenvalue weighted by atomic mass is 79.9. The van der Waals surface area contributed by atoms with Gasteiger partial charge in [-0.2, -0.15) is 0 Å². The number of carbonyl (C=O) groups excluding carboxylic acids is 1. The van der Waals surface area contributed by atoms with Gasteiger partial charge in [-0.05, 0) is 46.6 Å². The molecule has 0 aromatic carbocycles. The molecule has 2 N–H and O–H groups in total. The molecule has 0 radical (unpaired) electrons. The Labute approximate surface area is 133 Å². The zero-order valence-electron chi connectivity index (χ0n) is 11.1. The van der Waals surface area contributed by atoms with E-state index >= 15 is 0 Å². The number of hydrogen-bond donors (Lipinski definition) is 2. The van der Waals surface area contributed by atoms with E-state index in [4.69, 9.17) is 9.52 Å². The lowest BCUT2D eigenvalue weighted by Crippen LogP contribution is -2.09. The summed E-state index contributed by atoms with van der Waals surface area (Å²) in [6, 6.07) is 5.00. The first-order valence-corrected chi connectivity index (χ1v) is 7.71. The van der Waals surface area contributed by atoms with Gasteiger partial charge in [0.15, 0.2) is 4.67 Å². The fraction of sp³-hybridized carbons (Fsp3) is 0.143. The number of thiophene rings is 1. The van der Waals surface area contributed by atoms with Crippen molar-refractivity contribution in [1.29, 1.82) is 0 Å². The summed E-state index contributed by atoms with van der Waals surface area (Å²) in [7, 11) is 0. The van der Waals surface area contributed by atoms with Gasteiger partial charge in [-0.25, -0.2) is 4.79 Å². The Hall–Kier alpha value is -1.86. The van der Waals surface area contributed by atoms with Crippen LogP contribution in [0.5, 0.6) is 0 Å². The SMILES string of the molecule is CCc1cc(C(=O)O)c(NC(=O)C=Cc2ccc(Br)o2)s1. The van der Waals surface area contributed by atoms with Crippen LogP contribution < -0.4 is 5.32 Å². The van der Waals surface area contributed by atoms with E-state index in [0.29, 0.717) is 15.4 Å². The third-order valence-corrected chi connectivity index (χ3v) is 4.21. The molecule has 7 heteroatoms. The molecule has 0 aliphatic rings. The maximum absolute atomic E-state index is 11.8. The quantitative estimate of drug-likeness (QED) is 0.780. The van der Waals surface area contributed by atoms with E-state index in [9.17, 15) is 9.59 Å². The minimum atomic E-state index is -1.06. The lowest BCUT2D eigenvalue weighted by molar-refractivity contribution is -0.111. The number of carboxylic acids is 1. The van der Waals surface area contributed by atoms with Gasteiger partial charge in [0.1, 0.15) is 10.8 Å². The van der Waals surface area contributed by atoms with Gasteiger partial charge in [0.25, 0.3) is 0 Å². The lowest BCUT2D eigenvalue weighted by atomic mass is 10.2. The summed E-state index contributed by atoms with van der Waals surface area (Å²) in [5, 5.41) is 12.0. The fourth-order valence-electron chi connectivity index (χ4n) is 1.60. The summed E-state index contributed by atoms with van der Waals surface area (Å²) in [5.41, 5.74) is 0.111. The molecule has 2 aromatic heterocycles. The maximum Gasteiger partial charge on any atom is 0.338 e. The molecule has 0 aliphatic heterocycles. The molecule has 0 unspecified atom stereocenters. The highest BCUT2D eigenvalue weighted by Crippen LogP contribution is 2.28. The molecule has 2 aromatic rings. The number of aryl methyl sites for hydroxylation is 1. The van der Waals surface area contributed by atoms with E-state index in [1.165, 1.54) is 23.5 Å².